The molecule has 0 radical (unpaired) electrons. The molecule has 0 saturated carbocycles. The van der Waals surface area contributed by atoms with Crippen LogP contribution in [0.1, 0.15) is 42.9 Å². The van der Waals surface area contributed by atoms with Crippen LogP contribution in [0.3, 0.4) is 0 Å². The summed E-state index contributed by atoms with van der Waals surface area (Å²) in [4.78, 5) is 13.9. The second-order valence-corrected chi connectivity index (χ2v) is 9.62. The standard InChI is InChI=1S/C32H30N2O3/c1-3-37-29-15-14-22(19-30(29)36-2)24-17-27-31(28(35)18-24)32(34-26-11-7-6-10-25(26)33-27)23-13-12-20-8-4-5-9-21(20)16-23/h4-16,19,24,32-34H,3,17-18H2,1-2H3. The molecule has 5 nitrogen and oxygen atoms in total. The quantitative estimate of drug-likeness (QED) is 0.309. The maximum Gasteiger partial charge on any atom is 0.163 e. The number of fused-ring (bicyclic) bond motifs is 2. The number of hydrogen-bond donors (Lipinski definition) is 2. The molecule has 2 unspecified atom stereocenters. The first-order valence-corrected chi connectivity index (χ1v) is 12.8. The Bertz CT molecular complexity index is 1520. The third-order valence-electron chi connectivity index (χ3n) is 7.37. The first-order valence-electron chi connectivity index (χ1n) is 12.8. The van der Waals surface area contributed by atoms with Crippen molar-refractivity contribution in [2.24, 2.45) is 0 Å². The maximum absolute atomic E-state index is 13.9. The fourth-order valence-electron chi connectivity index (χ4n) is 5.58. The molecule has 2 atom stereocenters. The lowest BCUT2D eigenvalue weighted by Gasteiger charge is -2.30. The molecule has 5 heteroatoms. The molecule has 1 heterocycles. The first kappa shape index (κ1) is 23.2. The van der Waals surface area contributed by atoms with Gasteiger partial charge in [0, 0.05) is 17.7 Å². The molecule has 1 aliphatic carbocycles. The largest absolute Gasteiger partial charge is 0.493 e. The SMILES string of the molecule is CCOc1ccc(C2CC(=O)C3=C(C2)Nc2ccccc2NC3c2ccc3ccccc3c2)cc1OC. The zero-order valence-electron chi connectivity index (χ0n) is 21.1. The third-order valence-corrected chi connectivity index (χ3v) is 7.37. The summed E-state index contributed by atoms with van der Waals surface area (Å²) >= 11 is 0. The van der Waals surface area contributed by atoms with E-state index in [1.54, 1.807) is 7.11 Å². The second kappa shape index (κ2) is 9.66. The summed E-state index contributed by atoms with van der Waals surface area (Å²) in [6.07, 6.45) is 1.18. The van der Waals surface area contributed by atoms with Crippen molar-refractivity contribution in [2.75, 3.05) is 24.4 Å². The molecule has 2 N–H and O–H groups in total. The number of para-hydroxylation sites is 2. The average molecular weight is 491 g/mol. The number of nitrogens with one attached hydrogen (secondary N) is 2. The predicted octanol–water partition coefficient (Wildman–Crippen LogP) is 7.23. The Morgan fingerprint density at radius 1 is 0.811 bits per heavy atom. The summed E-state index contributed by atoms with van der Waals surface area (Å²) in [5.41, 5.74) is 5.93. The van der Waals surface area contributed by atoms with E-state index in [1.807, 2.05) is 37.3 Å². The highest BCUT2D eigenvalue weighted by atomic mass is 16.5. The molecule has 0 spiro atoms. The van der Waals surface area contributed by atoms with Gasteiger partial charge in [-0.15, -0.1) is 0 Å². The van der Waals surface area contributed by atoms with Crippen molar-refractivity contribution in [1.82, 2.24) is 0 Å². The number of ketones is 1. The van der Waals surface area contributed by atoms with E-state index in [4.69, 9.17) is 9.47 Å². The molecule has 0 bridgehead atoms. The minimum atomic E-state index is -0.237. The minimum absolute atomic E-state index is 0.0471. The molecule has 6 rings (SSSR count). The first-order chi connectivity index (χ1) is 18.1. The van der Waals surface area contributed by atoms with E-state index in [9.17, 15) is 4.79 Å². The molecule has 1 aliphatic heterocycles. The van der Waals surface area contributed by atoms with Crippen molar-refractivity contribution in [1.29, 1.82) is 0 Å². The Morgan fingerprint density at radius 3 is 2.38 bits per heavy atom. The smallest absolute Gasteiger partial charge is 0.163 e. The van der Waals surface area contributed by atoms with Gasteiger partial charge in [-0.1, -0.05) is 54.6 Å². The Balaban J connectivity index is 1.43. The van der Waals surface area contributed by atoms with Gasteiger partial charge in [0.25, 0.3) is 0 Å². The monoisotopic (exact) mass is 490 g/mol. The van der Waals surface area contributed by atoms with Crippen LogP contribution in [-0.4, -0.2) is 19.5 Å². The molecule has 0 fully saturated rings. The lowest BCUT2D eigenvalue weighted by atomic mass is 9.78. The lowest BCUT2D eigenvalue weighted by Crippen LogP contribution is -2.26. The van der Waals surface area contributed by atoms with Crippen molar-refractivity contribution in [3.63, 3.8) is 0 Å². The normalized spacial score (nSPS) is 18.8. The summed E-state index contributed by atoms with van der Waals surface area (Å²) in [5.74, 6) is 1.62. The Morgan fingerprint density at radius 2 is 1.57 bits per heavy atom. The van der Waals surface area contributed by atoms with Gasteiger partial charge >= 0.3 is 0 Å². The highest BCUT2D eigenvalue weighted by Gasteiger charge is 2.36. The van der Waals surface area contributed by atoms with Crippen LogP contribution in [0.4, 0.5) is 11.4 Å². The van der Waals surface area contributed by atoms with Crippen molar-refractivity contribution >= 4 is 27.9 Å². The van der Waals surface area contributed by atoms with E-state index in [2.05, 4.69) is 65.2 Å². The van der Waals surface area contributed by atoms with Crippen LogP contribution in [-0.2, 0) is 4.79 Å². The van der Waals surface area contributed by atoms with Gasteiger partial charge in [-0.2, -0.15) is 0 Å². The van der Waals surface area contributed by atoms with Gasteiger partial charge in [-0.05, 0) is 71.5 Å². The fraction of sp³-hybridized carbons (Fsp3) is 0.219. The summed E-state index contributed by atoms with van der Waals surface area (Å²) in [5, 5.41) is 9.67. The number of Topliss-reactive ketones (excluding diaryl/α,β-unsaturated/α-hetero) is 1. The lowest BCUT2D eigenvalue weighted by molar-refractivity contribution is -0.116. The molecule has 37 heavy (non-hydrogen) atoms. The van der Waals surface area contributed by atoms with E-state index in [0.29, 0.717) is 18.8 Å². The summed E-state index contributed by atoms with van der Waals surface area (Å²) in [6.45, 7) is 2.52. The number of carbonyl (C=O) groups is 1. The summed E-state index contributed by atoms with van der Waals surface area (Å²) in [6, 6.07) is 28.7. The average Bonchev–Trinajstić information content (AvgIpc) is 3.10. The van der Waals surface area contributed by atoms with Gasteiger partial charge in [0.05, 0.1) is 31.1 Å². The van der Waals surface area contributed by atoms with Gasteiger partial charge in [-0.3, -0.25) is 4.79 Å². The molecule has 2 aliphatic rings. The molecule has 186 valence electrons. The number of allylic oxidation sites excluding steroid dienone is 1. The Labute approximate surface area is 217 Å². The Kier molecular flexibility index (Phi) is 6.05. The van der Waals surface area contributed by atoms with Gasteiger partial charge in [0.1, 0.15) is 0 Å². The number of ether oxygens (including phenoxy) is 2. The van der Waals surface area contributed by atoms with Crippen LogP contribution >= 0.6 is 0 Å². The molecular weight excluding hydrogens is 460 g/mol. The van der Waals surface area contributed by atoms with Gasteiger partial charge in [-0.25, -0.2) is 0 Å². The van der Waals surface area contributed by atoms with E-state index >= 15 is 0 Å². The number of benzene rings is 4. The van der Waals surface area contributed by atoms with Crippen LogP contribution in [0.2, 0.25) is 0 Å². The highest BCUT2D eigenvalue weighted by Crippen LogP contribution is 2.45. The van der Waals surface area contributed by atoms with E-state index in [-0.39, 0.29) is 17.7 Å². The fourth-order valence-corrected chi connectivity index (χ4v) is 5.58. The Hall–Kier alpha value is -4.25. The number of methoxy groups -OCH3 is 1. The molecule has 4 aromatic rings. The number of carbonyl (C=O) groups excluding carboxylic acids is 1. The predicted molar refractivity (Wildman–Crippen MR) is 149 cm³/mol. The van der Waals surface area contributed by atoms with Gasteiger partial charge in [0.15, 0.2) is 17.3 Å². The van der Waals surface area contributed by atoms with Crippen LogP contribution in [0.25, 0.3) is 10.8 Å². The highest BCUT2D eigenvalue weighted by molar-refractivity contribution is 6.01. The van der Waals surface area contributed by atoms with Crippen molar-refractivity contribution in [3.8, 4) is 11.5 Å². The molecular formula is C32H30N2O3. The van der Waals surface area contributed by atoms with Crippen LogP contribution in [0.15, 0.2) is 96.2 Å². The number of rotatable bonds is 5. The zero-order valence-corrected chi connectivity index (χ0v) is 21.1. The topological polar surface area (TPSA) is 59.6 Å². The van der Waals surface area contributed by atoms with Crippen LogP contribution in [0.5, 0.6) is 11.5 Å². The summed E-state index contributed by atoms with van der Waals surface area (Å²) < 4.78 is 11.3. The number of anilines is 2. The second-order valence-electron chi connectivity index (χ2n) is 9.62. The zero-order chi connectivity index (χ0) is 25.4. The van der Waals surface area contributed by atoms with Crippen molar-refractivity contribution < 1.29 is 14.3 Å². The van der Waals surface area contributed by atoms with E-state index in [1.165, 1.54) is 5.39 Å². The van der Waals surface area contributed by atoms with Crippen LogP contribution < -0.4 is 20.1 Å². The van der Waals surface area contributed by atoms with E-state index < -0.39 is 0 Å². The van der Waals surface area contributed by atoms with Crippen molar-refractivity contribution in [2.45, 2.75) is 31.7 Å². The number of hydrogen-bond acceptors (Lipinski definition) is 5. The minimum Gasteiger partial charge on any atom is -0.493 e. The van der Waals surface area contributed by atoms with E-state index in [0.717, 1.165) is 51.3 Å². The molecule has 0 saturated heterocycles. The molecule has 0 aromatic heterocycles. The van der Waals surface area contributed by atoms with Gasteiger partial charge in [0.2, 0.25) is 0 Å². The van der Waals surface area contributed by atoms with Crippen LogP contribution in [0, 0.1) is 0 Å². The molecule has 0 amide bonds. The maximum atomic E-state index is 13.9. The summed E-state index contributed by atoms with van der Waals surface area (Å²) in [7, 11) is 1.65. The third kappa shape index (κ3) is 4.31. The molecule has 4 aromatic carbocycles. The van der Waals surface area contributed by atoms with Crippen molar-refractivity contribution in [3.05, 3.63) is 107 Å². The van der Waals surface area contributed by atoms with Gasteiger partial charge < -0.3 is 20.1 Å².